The van der Waals surface area contributed by atoms with E-state index in [1.807, 2.05) is 0 Å². The van der Waals surface area contributed by atoms with Crippen LogP contribution in [0.15, 0.2) is 0 Å². The lowest BCUT2D eigenvalue weighted by Gasteiger charge is -2.50. The zero-order valence-electron chi connectivity index (χ0n) is 33.1. The molecule has 11 rings (SSSR count). The van der Waals surface area contributed by atoms with Gasteiger partial charge in [-0.15, -0.1) is 0 Å². The van der Waals surface area contributed by atoms with Gasteiger partial charge in [0, 0.05) is 48.3 Å². The summed E-state index contributed by atoms with van der Waals surface area (Å²) >= 11 is 0. The van der Waals surface area contributed by atoms with E-state index >= 15 is 0 Å². The minimum atomic E-state index is 0.806. The van der Waals surface area contributed by atoms with E-state index in [1.54, 1.807) is 12.8 Å². The molecule has 0 bridgehead atoms. The van der Waals surface area contributed by atoms with Crippen LogP contribution in [0.4, 0.5) is 0 Å². The molecular formula is C46H78N6. The summed E-state index contributed by atoms with van der Waals surface area (Å²) in [5.74, 6) is 9.53. The summed E-state index contributed by atoms with van der Waals surface area (Å²) in [5.41, 5.74) is 0. The standard InChI is InChI=1S/C46H78N6/c1-3-11-39-35(9-1)43-41(51(39)33-17-13-29(14-18-33)37-27-47-25-31-7-5-23-49-45(31)37)21-22-42-44(43)36-10-2-4-12-40(36)52(42)34-19-15-30(16-20-34)38-28-48-26-32-8-6-24-50-46(32)38/h29-50H,1-28H2. The van der Waals surface area contributed by atoms with Gasteiger partial charge in [-0.3, -0.25) is 9.80 Å². The van der Waals surface area contributed by atoms with E-state index in [1.165, 1.54) is 168 Å². The van der Waals surface area contributed by atoms with Crippen LogP contribution in [0.5, 0.6) is 0 Å². The first-order chi connectivity index (χ1) is 25.8. The molecule has 14 unspecified atom stereocenters. The minimum absolute atomic E-state index is 0.806. The SMILES string of the molecule is C1CNC2C(C1)CNCC2C1CCC(N2C3CCCCC3C3C4C5CCCCC5N(C5CCC(C6CNCC7CCCNC76)CC5)C4CCC32)CC1. The van der Waals surface area contributed by atoms with Gasteiger partial charge < -0.3 is 21.3 Å². The minimum Gasteiger partial charge on any atom is -0.316 e. The van der Waals surface area contributed by atoms with E-state index in [-0.39, 0.29) is 0 Å². The fraction of sp³-hybridized carbons (Fsp3) is 1.00. The topological polar surface area (TPSA) is 54.6 Å². The van der Waals surface area contributed by atoms with Crippen molar-refractivity contribution in [3.8, 4) is 0 Å². The highest BCUT2D eigenvalue weighted by Crippen LogP contribution is 2.61. The second-order valence-corrected chi connectivity index (χ2v) is 21.3. The Morgan fingerprint density at radius 2 is 0.769 bits per heavy atom. The van der Waals surface area contributed by atoms with E-state index < -0.39 is 0 Å². The maximum Gasteiger partial charge on any atom is 0.0150 e. The third-order valence-corrected chi connectivity index (χ3v) is 19.5. The fourth-order valence-corrected chi connectivity index (χ4v) is 17.7. The van der Waals surface area contributed by atoms with Crippen LogP contribution in [0.1, 0.15) is 141 Å². The molecule has 52 heavy (non-hydrogen) atoms. The molecule has 11 fully saturated rings. The molecule has 5 aliphatic carbocycles. The van der Waals surface area contributed by atoms with Crippen molar-refractivity contribution in [1.82, 2.24) is 31.1 Å². The molecule has 0 spiro atoms. The average molecular weight is 715 g/mol. The number of fused-ring (bicyclic) bond motifs is 9. The van der Waals surface area contributed by atoms with E-state index in [0.717, 1.165) is 108 Å². The molecule has 0 amide bonds. The van der Waals surface area contributed by atoms with Crippen LogP contribution in [0.25, 0.3) is 0 Å². The highest BCUT2D eigenvalue weighted by atomic mass is 15.3. The first-order valence-corrected chi connectivity index (χ1v) is 24.2. The molecule has 0 aromatic carbocycles. The number of hydrogen-bond acceptors (Lipinski definition) is 6. The second-order valence-electron chi connectivity index (χ2n) is 21.3. The molecule has 6 heteroatoms. The smallest absolute Gasteiger partial charge is 0.0150 e. The van der Waals surface area contributed by atoms with Crippen molar-refractivity contribution >= 4 is 0 Å². The Balaban J connectivity index is 0.797. The molecule has 0 aromatic heterocycles. The van der Waals surface area contributed by atoms with Gasteiger partial charge in [0.2, 0.25) is 0 Å². The van der Waals surface area contributed by atoms with Gasteiger partial charge in [0.1, 0.15) is 0 Å². The Kier molecular flexibility index (Phi) is 10.0. The molecule has 6 heterocycles. The maximum absolute atomic E-state index is 4.05. The third-order valence-electron chi connectivity index (χ3n) is 19.5. The number of likely N-dealkylation sites (tertiary alicyclic amines) is 2. The quantitative estimate of drug-likeness (QED) is 0.258. The van der Waals surface area contributed by atoms with Crippen molar-refractivity contribution in [2.75, 3.05) is 39.3 Å². The van der Waals surface area contributed by atoms with Crippen LogP contribution in [0, 0.1) is 59.2 Å². The molecule has 14 atom stereocenters. The van der Waals surface area contributed by atoms with Crippen molar-refractivity contribution in [1.29, 1.82) is 0 Å². The van der Waals surface area contributed by atoms with E-state index in [0.29, 0.717) is 0 Å². The first kappa shape index (κ1) is 35.0. The number of rotatable bonds is 4. The second kappa shape index (κ2) is 14.9. The normalized spacial score (nSPS) is 54.2. The average Bonchev–Trinajstić information content (AvgIpc) is 3.73. The number of piperidine rings is 4. The van der Waals surface area contributed by atoms with Gasteiger partial charge in [0.15, 0.2) is 0 Å². The van der Waals surface area contributed by atoms with Gasteiger partial charge in [-0.05, 0) is 214 Å². The summed E-state index contributed by atoms with van der Waals surface area (Å²) in [7, 11) is 0. The molecule has 6 saturated heterocycles. The van der Waals surface area contributed by atoms with E-state index in [9.17, 15) is 0 Å². The Hall–Kier alpha value is -0.240. The summed E-state index contributed by atoms with van der Waals surface area (Å²) in [6.07, 6.45) is 33.1. The zero-order valence-corrected chi connectivity index (χ0v) is 33.1. The lowest BCUT2D eigenvalue weighted by molar-refractivity contribution is 0.00417. The van der Waals surface area contributed by atoms with Crippen LogP contribution in [-0.4, -0.2) is 97.4 Å². The van der Waals surface area contributed by atoms with Crippen LogP contribution < -0.4 is 21.3 Å². The van der Waals surface area contributed by atoms with Gasteiger partial charge in [-0.2, -0.15) is 0 Å². The van der Waals surface area contributed by atoms with Gasteiger partial charge in [-0.25, -0.2) is 0 Å². The van der Waals surface area contributed by atoms with E-state index in [4.69, 9.17) is 0 Å². The molecule has 6 nitrogen and oxygen atoms in total. The number of hydrogen-bond donors (Lipinski definition) is 4. The third kappa shape index (κ3) is 5.97. The Labute approximate surface area is 318 Å². The summed E-state index contributed by atoms with van der Waals surface area (Å²) < 4.78 is 0. The zero-order chi connectivity index (χ0) is 34.2. The molecule has 4 N–H and O–H groups in total. The number of nitrogens with one attached hydrogen (secondary N) is 4. The van der Waals surface area contributed by atoms with Crippen LogP contribution in [0.3, 0.4) is 0 Å². The highest BCUT2D eigenvalue weighted by Gasteiger charge is 2.63. The predicted octanol–water partition coefficient (Wildman–Crippen LogP) is 6.79. The molecule has 5 saturated carbocycles. The van der Waals surface area contributed by atoms with Crippen LogP contribution >= 0.6 is 0 Å². The van der Waals surface area contributed by atoms with Gasteiger partial charge in [-0.1, -0.05) is 25.7 Å². The van der Waals surface area contributed by atoms with Crippen molar-refractivity contribution in [2.45, 2.75) is 190 Å². The van der Waals surface area contributed by atoms with Gasteiger partial charge in [0.25, 0.3) is 0 Å². The summed E-state index contributed by atoms with van der Waals surface area (Å²) in [6.45, 7) is 7.63. The van der Waals surface area contributed by atoms with E-state index in [2.05, 4.69) is 31.1 Å². The summed E-state index contributed by atoms with van der Waals surface area (Å²) in [4.78, 5) is 6.72. The molecule has 6 aliphatic heterocycles. The molecule has 11 aliphatic rings. The van der Waals surface area contributed by atoms with Crippen molar-refractivity contribution < 1.29 is 0 Å². The Morgan fingerprint density at radius 1 is 0.327 bits per heavy atom. The maximum atomic E-state index is 4.05. The van der Waals surface area contributed by atoms with Gasteiger partial charge >= 0.3 is 0 Å². The lowest BCUT2D eigenvalue weighted by Crippen LogP contribution is -2.59. The Morgan fingerprint density at radius 3 is 1.23 bits per heavy atom. The fourth-order valence-electron chi connectivity index (χ4n) is 17.7. The monoisotopic (exact) mass is 715 g/mol. The van der Waals surface area contributed by atoms with Gasteiger partial charge in [0.05, 0.1) is 0 Å². The highest BCUT2D eigenvalue weighted by molar-refractivity contribution is 5.16. The van der Waals surface area contributed by atoms with Crippen LogP contribution in [-0.2, 0) is 0 Å². The molecule has 0 aromatic rings. The summed E-state index contributed by atoms with van der Waals surface area (Å²) in [6, 6.07) is 7.09. The predicted molar refractivity (Wildman–Crippen MR) is 212 cm³/mol. The van der Waals surface area contributed by atoms with Crippen molar-refractivity contribution in [3.05, 3.63) is 0 Å². The lowest BCUT2D eigenvalue weighted by atomic mass is 9.61. The largest absolute Gasteiger partial charge is 0.316 e. The van der Waals surface area contributed by atoms with Crippen LogP contribution in [0.2, 0.25) is 0 Å². The Bertz CT molecular complexity index is 1120. The van der Waals surface area contributed by atoms with Crippen molar-refractivity contribution in [2.24, 2.45) is 59.2 Å². The van der Waals surface area contributed by atoms with Crippen molar-refractivity contribution in [3.63, 3.8) is 0 Å². The molecule has 0 radical (unpaired) electrons. The first-order valence-electron chi connectivity index (χ1n) is 24.2. The molecular weight excluding hydrogens is 637 g/mol. The number of nitrogens with zero attached hydrogens (tertiary/aromatic N) is 2. The summed E-state index contributed by atoms with van der Waals surface area (Å²) in [5, 5.41) is 15.9. The molecule has 292 valence electrons.